The minimum atomic E-state index is -0.474. The normalized spacial score (nSPS) is 17.8. The molecule has 0 spiro atoms. The molecule has 5 heteroatoms. The van der Waals surface area contributed by atoms with Gasteiger partial charge < -0.3 is 15.4 Å². The Balaban J connectivity index is 0.00000196. The van der Waals surface area contributed by atoms with Crippen LogP contribution in [0.4, 0.5) is 0 Å². The molecule has 2 N–H and O–H groups in total. The number of fused-ring (bicyclic) bond motifs is 1. The van der Waals surface area contributed by atoms with Gasteiger partial charge in [0.15, 0.2) is 0 Å². The molecule has 0 aromatic heterocycles. The molecule has 26 heavy (non-hydrogen) atoms. The maximum atomic E-state index is 13.1. The largest absolute Gasteiger partial charge is 0.381 e. The van der Waals surface area contributed by atoms with Crippen molar-refractivity contribution >= 4 is 18.3 Å². The highest BCUT2D eigenvalue weighted by Crippen LogP contribution is 2.35. The Kier molecular flexibility index (Phi) is 5.97. The van der Waals surface area contributed by atoms with Gasteiger partial charge in [-0.15, -0.1) is 12.4 Å². The number of hydrogen-bond donors (Lipinski definition) is 2. The molecule has 1 fully saturated rings. The first-order chi connectivity index (χ1) is 12.3. The Morgan fingerprint density at radius 2 is 1.77 bits per heavy atom. The predicted molar refractivity (Wildman–Crippen MR) is 104 cm³/mol. The first kappa shape index (κ1) is 18.9. The lowest BCUT2D eigenvalue weighted by Crippen LogP contribution is -2.47. The maximum Gasteiger partial charge on any atom is 0.231 e. The lowest BCUT2D eigenvalue weighted by Gasteiger charge is -2.36. The lowest BCUT2D eigenvalue weighted by atomic mass is 9.73. The van der Waals surface area contributed by atoms with Crippen LogP contribution in [-0.2, 0) is 34.6 Å². The second kappa shape index (κ2) is 8.21. The lowest BCUT2D eigenvalue weighted by molar-refractivity contribution is -0.130. The molecule has 4 rings (SSSR count). The number of nitrogens with one attached hydrogen (secondary N) is 2. The van der Waals surface area contributed by atoms with Gasteiger partial charge in [0, 0.05) is 32.8 Å². The number of amides is 1. The molecule has 2 aliphatic heterocycles. The third kappa shape index (κ3) is 3.63. The topological polar surface area (TPSA) is 50.4 Å². The number of ether oxygens (including phenoxy) is 1. The molecule has 1 saturated heterocycles. The zero-order valence-electron chi connectivity index (χ0n) is 14.8. The molecular formula is C21H25ClN2O2. The third-order valence-corrected chi connectivity index (χ3v) is 5.46. The molecule has 138 valence electrons. The van der Waals surface area contributed by atoms with Gasteiger partial charge in [0.1, 0.15) is 0 Å². The molecule has 2 aromatic carbocycles. The predicted octanol–water partition coefficient (Wildman–Crippen LogP) is 3.08. The van der Waals surface area contributed by atoms with Crippen molar-refractivity contribution in [3.63, 3.8) is 0 Å². The summed E-state index contributed by atoms with van der Waals surface area (Å²) < 4.78 is 5.52. The average Bonchev–Trinajstić information content (AvgIpc) is 3.15. The van der Waals surface area contributed by atoms with Crippen LogP contribution in [0.5, 0.6) is 0 Å². The summed E-state index contributed by atoms with van der Waals surface area (Å²) >= 11 is 0. The van der Waals surface area contributed by atoms with Crippen LogP contribution < -0.4 is 10.6 Å². The van der Waals surface area contributed by atoms with E-state index in [1.54, 1.807) is 0 Å². The van der Waals surface area contributed by atoms with E-state index < -0.39 is 5.41 Å². The maximum absolute atomic E-state index is 13.1. The van der Waals surface area contributed by atoms with Crippen molar-refractivity contribution in [1.29, 1.82) is 0 Å². The van der Waals surface area contributed by atoms with Crippen LogP contribution in [0.25, 0.3) is 0 Å². The highest BCUT2D eigenvalue weighted by molar-refractivity contribution is 5.88. The second-order valence-corrected chi connectivity index (χ2v) is 6.95. The van der Waals surface area contributed by atoms with Crippen LogP contribution in [-0.4, -0.2) is 19.1 Å². The fraction of sp³-hybridized carbons (Fsp3) is 0.381. The smallest absolute Gasteiger partial charge is 0.231 e. The summed E-state index contributed by atoms with van der Waals surface area (Å²) in [5.74, 6) is 0.112. The first-order valence-electron chi connectivity index (χ1n) is 9.01. The van der Waals surface area contributed by atoms with Crippen molar-refractivity contribution in [3.05, 3.63) is 70.8 Å². The molecule has 4 nitrogen and oxygen atoms in total. The molecule has 1 amide bonds. The molecule has 0 bridgehead atoms. The van der Waals surface area contributed by atoms with Crippen LogP contribution in [0.1, 0.15) is 35.1 Å². The van der Waals surface area contributed by atoms with Crippen LogP contribution in [0.2, 0.25) is 0 Å². The fourth-order valence-corrected chi connectivity index (χ4v) is 3.93. The van der Waals surface area contributed by atoms with E-state index >= 15 is 0 Å². The Bertz CT molecular complexity index is 758. The van der Waals surface area contributed by atoms with Crippen LogP contribution >= 0.6 is 12.4 Å². The summed E-state index contributed by atoms with van der Waals surface area (Å²) in [6.07, 6.45) is 1.47. The summed E-state index contributed by atoms with van der Waals surface area (Å²) in [6.45, 7) is 3.70. The standard InChI is InChI=1S/C21H24N2O2.ClH/c24-20(23-13-16-6-7-17-14-22-15-18(17)12-16)21(8-10-25-11-9-21)19-4-2-1-3-5-19;/h1-7,12,22H,8-11,13-15H2,(H,23,24);1H. The summed E-state index contributed by atoms with van der Waals surface area (Å²) in [6, 6.07) is 16.6. The van der Waals surface area contributed by atoms with E-state index in [1.807, 2.05) is 18.2 Å². The van der Waals surface area contributed by atoms with Gasteiger partial charge in [-0.05, 0) is 35.1 Å². The Labute approximate surface area is 160 Å². The molecule has 0 unspecified atom stereocenters. The molecule has 0 atom stereocenters. The van der Waals surface area contributed by atoms with E-state index in [0.29, 0.717) is 19.8 Å². The van der Waals surface area contributed by atoms with Crippen LogP contribution in [0.3, 0.4) is 0 Å². The van der Waals surface area contributed by atoms with Gasteiger partial charge in [-0.1, -0.05) is 48.5 Å². The van der Waals surface area contributed by atoms with Crippen molar-refractivity contribution in [3.8, 4) is 0 Å². The summed E-state index contributed by atoms with van der Waals surface area (Å²) in [4.78, 5) is 13.1. The third-order valence-electron chi connectivity index (χ3n) is 5.46. The van der Waals surface area contributed by atoms with Gasteiger partial charge in [0.2, 0.25) is 5.91 Å². The first-order valence-corrected chi connectivity index (χ1v) is 9.01. The van der Waals surface area contributed by atoms with Gasteiger partial charge >= 0.3 is 0 Å². The molecule has 0 saturated carbocycles. The fourth-order valence-electron chi connectivity index (χ4n) is 3.93. The van der Waals surface area contributed by atoms with Gasteiger partial charge in [0.05, 0.1) is 5.41 Å². The Morgan fingerprint density at radius 3 is 2.54 bits per heavy atom. The molecular weight excluding hydrogens is 348 g/mol. The average molecular weight is 373 g/mol. The number of rotatable bonds is 4. The zero-order chi connectivity index (χ0) is 17.1. The van der Waals surface area contributed by atoms with E-state index in [2.05, 4.69) is 41.0 Å². The van der Waals surface area contributed by atoms with Gasteiger partial charge in [-0.3, -0.25) is 4.79 Å². The van der Waals surface area contributed by atoms with Crippen molar-refractivity contribution in [2.75, 3.05) is 13.2 Å². The molecule has 2 aliphatic rings. The van der Waals surface area contributed by atoms with E-state index in [9.17, 15) is 4.79 Å². The molecule has 0 aliphatic carbocycles. The number of halogens is 1. The van der Waals surface area contributed by atoms with Crippen LogP contribution in [0, 0.1) is 0 Å². The highest BCUT2D eigenvalue weighted by atomic mass is 35.5. The highest BCUT2D eigenvalue weighted by Gasteiger charge is 2.41. The van der Waals surface area contributed by atoms with Crippen LogP contribution in [0.15, 0.2) is 48.5 Å². The zero-order valence-corrected chi connectivity index (χ0v) is 15.6. The Morgan fingerprint density at radius 1 is 1.04 bits per heavy atom. The number of carbonyl (C=O) groups excluding carboxylic acids is 1. The molecule has 2 heterocycles. The van der Waals surface area contributed by atoms with Crippen molar-refractivity contribution in [2.24, 2.45) is 0 Å². The SMILES string of the molecule is Cl.O=C(NCc1ccc2c(c1)CNC2)C1(c2ccccc2)CCOCC1. The van der Waals surface area contributed by atoms with E-state index in [0.717, 1.165) is 37.1 Å². The quantitative estimate of drug-likeness (QED) is 0.867. The van der Waals surface area contributed by atoms with Gasteiger partial charge in [0.25, 0.3) is 0 Å². The summed E-state index contributed by atoms with van der Waals surface area (Å²) in [7, 11) is 0. The van der Waals surface area contributed by atoms with Crippen molar-refractivity contribution < 1.29 is 9.53 Å². The van der Waals surface area contributed by atoms with Crippen molar-refractivity contribution in [2.45, 2.75) is 37.9 Å². The van der Waals surface area contributed by atoms with Gasteiger partial charge in [-0.25, -0.2) is 0 Å². The Hall–Kier alpha value is -1.88. The van der Waals surface area contributed by atoms with E-state index in [4.69, 9.17) is 4.74 Å². The summed E-state index contributed by atoms with van der Waals surface area (Å²) in [5, 5.41) is 6.54. The van der Waals surface area contributed by atoms with Gasteiger partial charge in [-0.2, -0.15) is 0 Å². The minimum Gasteiger partial charge on any atom is -0.381 e. The molecule has 2 aromatic rings. The van der Waals surface area contributed by atoms with E-state index in [1.165, 1.54) is 11.1 Å². The van der Waals surface area contributed by atoms with Crippen molar-refractivity contribution in [1.82, 2.24) is 10.6 Å². The summed E-state index contributed by atoms with van der Waals surface area (Å²) in [5.41, 5.74) is 4.48. The number of benzene rings is 2. The monoisotopic (exact) mass is 372 g/mol. The van der Waals surface area contributed by atoms with E-state index in [-0.39, 0.29) is 18.3 Å². The molecule has 0 radical (unpaired) electrons. The minimum absolute atomic E-state index is 0. The second-order valence-electron chi connectivity index (χ2n) is 6.95. The number of carbonyl (C=O) groups is 1. The number of hydrogen-bond acceptors (Lipinski definition) is 3.